The Hall–Kier alpha value is -2.77. The molecule has 0 bridgehead atoms. The van der Waals surface area contributed by atoms with E-state index < -0.39 is 0 Å². The van der Waals surface area contributed by atoms with Crippen LogP contribution in [0.5, 0.6) is 0 Å². The van der Waals surface area contributed by atoms with Crippen LogP contribution in [0.1, 0.15) is 12.8 Å². The van der Waals surface area contributed by atoms with E-state index in [1.54, 1.807) is 0 Å². The summed E-state index contributed by atoms with van der Waals surface area (Å²) in [5, 5.41) is 4.84. The first-order valence-electron chi connectivity index (χ1n) is 9.46. The molecule has 0 spiro atoms. The van der Waals surface area contributed by atoms with Crippen molar-refractivity contribution in [2.45, 2.75) is 19.5 Å². The molecule has 144 valence electrons. The first kappa shape index (κ1) is 18.6. The van der Waals surface area contributed by atoms with Gasteiger partial charge in [0.2, 0.25) is 10.7 Å². The third-order valence-electron chi connectivity index (χ3n) is 5.13. The maximum absolute atomic E-state index is 11.6. The zero-order chi connectivity index (χ0) is 19.5. The van der Waals surface area contributed by atoms with Gasteiger partial charge < -0.3 is 5.73 Å². The molecule has 1 atom stereocenters. The van der Waals surface area contributed by atoms with Crippen molar-refractivity contribution in [1.29, 1.82) is 0 Å². The van der Waals surface area contributed by atoms with E-state index in [9.17, 15) is 4.79 Å². The molecule has 2 aromatic carbocycles. The number of amides is 1. The van der Waals surface area contributed by atoms with E-state index in [-0.39, 0.29) is 11.8 Å². The van der Waals surface area contributed by atoms with Gasteiger partial charge in [-0.25, -0.2) is 4.68 Å². The zero-order valence-corrected chi connectivity index (χ0v) is 16.4. The highest BCUT2D eigenvalue weighted by Crippen LogP contribution is 2.23. The fourth-order valence-corrected chi connectivity index (χ4v) is 3.98. The van der Waals surface area contributed by atoms with Crippen molar-refractivity contribution in [2.75, 3.05) is 13.1 Å². The van der Waals surface area contributed by atoms with Crippen LogP contribution in [0.4, 0.5) is 0 Å². The van der Waals surface area contributed by atoms with Crippen LogP contribution in [-0.4, -0.2) is 38.2 Å². The molecule has 0 aliphatic carbocycles. The van der Waals surface area contributed by atoms with Crippen molar-refractivity contribution in [2.24, 2.45) is 11.7 Å². The highest BCUT2D eigenvalue weighted by molar-refractivity contribution is 7.71. The number of para-hydroxylation sites is 1. The van der Waals surface area contributed by atoms with Crippen LogP contribution in [0.15, 0.2) is 60.7 Å². The maximum atomic E-state index is 11.6. The molecule has 0 radical (unpaired) electrons. The van der Waals surface area contributed by atoms with Gasteiger partial charge in [0.15, 0.2) is 5.82 Å². The largest absolute Gasteiger partial charge is 0.369 e. The first-order valence-corrected chi connectivity index (χ1v) is 9.86. The number of likely N-dealkylation sites (tertiary alicyclic amines) is 1. The fourth-order valence-electron chi connectivity index (χ4n) is 3.69. The molecule has 1 amide bonds. The molecule has 2 heterocycles. The Labute approximate surface area is 169 Å². The standard InChI is InChI=1S/C21H23N5OS/c22-19(27)17-10-7-13-24(14-17)15-25-21(28)26(18-11-5-2-6-12-18)20(23-25)16-8-3-1-4-9-16/h1-6,8-9,11-12,17H,7,10,13-15H2,(H2,22,27)/t17-/m0/s1. The van der Waals surface area contributed by atoms with Crippen molar-refractivity contribution < 1.29 is 4.79 Å². The molecule has 7 heteroatoms. The molecule has 4 rings (SSSR count). The van der Waals surface area contributed by atoms with Crippen molar-refractivity contribution in [3.8, 4) is 17.1 Å². The van der Waals surface area contributed by atoms with Crippen LogP contribution < -0.4 is 5.73 Å². The first-order chi connectivity index (χ1) is 13.6. The average Bonchev–Trinajstić information content (AvgIpc) is 3.05. The molecule has 3 aromatic rings. The van der Waals surface area contributed by atoms with E-state index in [0.29, 0.717) is 18.0 Å². The number of hydrogen-bond acceptors (Lipinski definition) is 4. The second-order valence-corrected chi connectivity index (χ2v) is 7.47. The predicted octanol–water partition coefficient (Wildman–Crippen LogP) is 3.23. The second kappa shape index (κ2) is 8.08. The molecular weight excluding hydrogens is 370 g/mol. The Morgan fingerprint density at radius 2 is 1.79 bits per heavy atom. The minimum Gasteiger partial charge on any atom is -0.369 e. The van der Waals surface area contributed by atoms with Crippen molar-refractivity contribution >= 4 is 18.1 Å². The lowest BCUT2D eigenvalue weighted by Crippen LogP contribution is -2.42. The number of hydrogen-bond donors (Lipinski definition) is 1. The van der Waals surface area contributed by atoms with Gasteiger partial charge in [-0.1, -0.05) is 48.5 Å². The van der Waals surface area contributed by atoms with Gasteiger partial charge >= 0.3 is 0 Å². The van der Waals surface area contributed by atoms with Gasteiger partial charge in [0, 0.05) is 17.8 Å². The molecule has 6 nitrogen and oxygen atoms in total. The Morgan fingerprint density at radius 1 is 1.11 bits per heavy atom. The number of piperidine rings is 1. The van der Waals surface area contributed by atoms with Crippen molar-refractivity contribution in [3.63, 3.8) is 0 Å². The van der Waals surface area contributed by atoms with Crippen molar-refractivity contribution in [1.82, 2.24) is 19.2 Å². The minimum absolute atomic E-state index is 0.104. The Balaban J connectivity index is 1.72. The zero-order valence-electron chi connectivity index (χ0n) is 15.6. The lowest BCUT2D eigenvalue weighted by atomic mass is 9.98. The summed E-state index contributed by atoms with van der Waals surface area (Å²) in [7, 11) is 0. The summed E-state index contributed by atoms with van der Waals surface area (Å²) < 4.78 is 4.47. The third-order valence-corrected chi connectivity index (χ3v) is 5.52. The summed E-state index contributed by atoms with van der Waals surface area (Å²) in [6, 6.07) is 20.1. The minimum atomic E-state index is -0.229. The molecule has 2 N–H and O–H groups in total. The van der Waals surface area contributed by atoms with Gasteiger partial charge in [0.25, 0.3) is 0 Å². The molecule has 1 aliphatic heterocycles. The van der Waals surface area contributed by atoms with Gasteiger partial charge in [0.05, 0.1) is 12.6 Å². The van der Waals surface area contributed by atoms with E-state index in [0.717, 1.165) is 36.5 Å². The lowest BCUT2D eigenvalue weighted by Gasteiger charge is -2.30. The number of nitrogens with two attached hydrogens (primary N) is 1. The fraction of sp³-hybridized carbons (Fsp3) is 0.286. The van der Waals surface area contributed by atoms with Gasteiger partial charge in [0.1, 0.15) is 0 Å². The molecule has 0 saturated carbocycles. The van der Waals surface area contributed by atoms with Crippen molar-refractivity contribution in [3.05, 3.63) is 65.4 Å². The maximum Gasteiger partial charge on any atom is 0.221 e. The van der Waals surface area contributed by atoms with Crippen LogP contribution in [0.2, 0.25) is 0 Å². The van der Waals surface area contributed by atoms with Crippen LogP contribution in [0, 0.1) is 10.7 Å². The Morgan fingerprint density at radius 3 is 2.46 bits per heavy atom. The molecule has 1 aliphatic rings. The topological polar surface area (TPSA) is 69.1 Å². The summed E-state index contributed by atoms with van der Waals surface area (Å²) in [6.07, 6.45) is 1.80. The molecule has 1 aromatic heterocycles. The number of rotatable bonds is 5. The number of aromatic nitrogens is 3. The van der Waals surface area contributed by atoms with E-state index in [2.05, 4.69) is 4.90 Å². The number of nitrogens with zero attached hydrogens (tertiary/aromatic N) is 4. The molecular formula is C21H23N5OS. The van der Waals surface area contributed by atoms with E-state index >= 15 is 0 Å². The number of benzene rings is 2. The predicted molar refractivity (Wildman–Crippen MR) is 111 cm³/mol. The summed E-state index contributed by atoms with van der Waals surface area (Å²) >= 11 is 5.79. The number of carbonyl (C=O) groups excluding carboxylic acids is 1. The summed E-state index contributed by atoms with van der Waals surface area (Å²) in [4.78, 5) is 13.8. The van der Waals surface area contributed by atoms with Crippen LogP contribution in [0.25, 0.3) is 17.1 Å². The van der Waals surface area contributed by atoms with Gasteiger partial charge in [-0.05, 0) is 43.7 Å². The lowest BCUT2D eigenvalue weighted by molar-refractivity contribution is -0.123. The Kier molecular flexibility index (Phi) is 5.36. The van der Waals surface area contributed by atoms with Gasteiger partial charge in [-0.15, -0.1) is 5.10 Å². The summed E-state index contributed by atoms with van der Waals surface area (Å²) in [5.41, 5.74) is 7.50. The smallest absolute Gasteiger partial charge is 0.221 e. The average molecular weight is 394 g/mol. The van der Waals surface area contributed by atoms with E-state index in [1.807, 2.05) is 69.9 Å². The monoisotopic (exact) mass is 393 g/mol. The number of primary amides is 1. The quantitative estimate of drug-likeness (QED) is 0.676. The van der Waals surface area contributed by atoms with E-state index in [4.69, 9.17) is 23.1 Å². The Bertz CT molecular complexity index is 1010. The van der Waals surface area contributed by atoms with Crippen LogP contribution >= 0.6 is 12.2 Å². The SMILES string of the molecule is NC(=O)[C@H]1CCCN(Cn2nc(-c3ccccc3)n(-c3ccccc3)c2=S)C1. The molecule has 0 unspecified atom stereocenters. The summed E-state index contributed by atoms with van der Waals surface area (Å²) in [6.45, 7) is 2.10. The van der Waals surface area contributed by atoms with Crippen LogP contribution in [-0.2, 0) is 11.5 Å². The molecule has 1 fully saturated rings. The van der Waals surface area contributed by atoms with Gasteiger partial charge in [-0.2, -0.15) is 0 Å². The van der Waals surface area contributed by atoms with E-state index in [1.165, 1.54) is 0 Å². The summed E-state index contributed by atoms with van der Waals surface area (Å²) in [5.74, 6) is 0.473. The highest BCUT2D eigenvalue weighted by Gasteiger charge is 2.25. The normalized spacial score (nSPS) is 17.5. The second-order valence-electron chi connectivity index (χ2n) is 7.10. The molecule has 28 heavy (non-hydrogen) atoms. The van der Waals surface area contributed by atoms with Gasteiger partial charge in [-0.3, -0.25) is 14.3 Å². The molecule has 1 saturated heterocycles. The number of carbonyl (C=O) groups is 1. The highest BCUT2D eigenvalue weighted by atomic mass is 32.1. The third kappa shape index (κ3) is 3.76. The van der Waals surface area contributed by atoms with Crippen LogP contribution in [0.3, 0.4) is 0 Å².